The molecule has 0 heterocycles. The van der Waals surface area contributed by atoms with Crippen LogP contribution in [0.5, 0.6) is 5.75 Å². The summed E-state index contributed by atoms with van der Waals surface area (Å²) in [5.74, 6) is -0.530. The average Bonchev–Trinajstić information content (AvgIpc) is 2.48. The van der Waals surface area contributed by atoms with Crippen molar-refractivity contribution in [2.24, 2.45) is 0 Å². The van der Waals surface area contributed by atoms with Crippen LogP contribution >= 0.6 is 0 Å². The molecule has 0 atom stereocenters. The summed E-state index contributed by atoms with van der Waals surface area (Å²) in [6.45, 7) is 1.68. The summed E-state index contributed by atoms with van der Waals surface area (Å²) in [7, 11) is 1.56. The summed E-state index contributed by atoms with van der Waals surface area (Å²) in [5.41, 5.74) is 1.15. The van der Waals surface area contributed by atoms with Gasteiger partial charge >= 0.3 is 5.97 Å². The lowest BCUT2D eigenvalue weighted by molar-refractivity contribution is 0.0467. The normalized spacial score (nSPS) is 10.2. The van der Waals surface area contributed by atoms with E-state index in [0.717, 1.165) is 5.56 Å². The van der Waals surface area contributed by atoms with Gasteiger partial charge in [-0.1, -0.05) is 24.3 Å². The van der Waals surface area contributed by atoms with Gasteiger partial charge in [0.1, 0.15) is 18.2 Å². The largest absolute Gasteiger partial charge is 0.497 e. The molecule has 3 nitrogen and oxygen atoms in total. The van der Waals surface area contributed by atoms with Crippen LogP contribution in [-0.4, -0.2) is 13.1 Å². The third-order valence-corrected chi connectivity index (χ3v) is 2.92. The summed E-state index contributed by atoms with van der Waals surface area (Å²) >= 11 is 0. The highest BCUT2D eigenvalue weighted by atomic mass is 19.1. The molecule has 0 unspecified atom stereocenters. The molecule has 0 saturated carbocycles. The third kappa shape index (κ3) is 3.15. The summed E-state index contributed by atoms with van der Waals surface area (Å²) in [5, 5.41) is 0. The number of rotatable bonds is 4. The van der Waals surface area contributed by atoms with E-state index in [4.69, 9.17) is 9.47 Å². The fourth-order valence-electron chi connectivity index (χ4n) is 1.79. The predicted molar refractivity (Wildman–Crippen MR) is 73.3 cm³/mol. The van der Waals surface area contributed by atoms with Crippen molar-refractivity contribution in [3.63, 3.8) is 0 Å². The van der Waals surface area contributed by atoms with Gasteiger partial charge in [-0.25, -0.2) is 9.18 Å². The quantitative estimate of drug-likeness (QED) is 0.800. The number of carbonyl (C=O) groups excluding carboxylic acids is 1. The molecule has 4 heteroatoms. The lowest BCUT2D eigenvalue weighted by Gasteiger charge is -2.08. The molecule has 2 rings (SSSR count). The fourth-order valence-corrected chi connectivity index (χ4v) is 1.79. The van der Waals surface area contributed by atoms with Crippen LogP contribution < -0.4 is 4.74 Å². The number of benzene rings is 2. The molecular formula is C16H15FO3. The van der Waals surface area contributed by atoms with Crippen molar-refractivity contribution in [3.05, 3.63) is 65.0 Å². The number of hydrogen-bond acceptors (Lipinski definition) is 3. The molecule has 0 aliphatic heterocycles. The number of aryl methyl sites for hydroxylation is 1. The van der Waals surface area contributed by atoms with Crippen LogP contribution in [0.15, 0.2) is 42.5 Å². The Labute approximate surface area is 117 Å². The number of halogens is 1. The molecule has 0 bridgehead atoms. The van der Waals surface area contributed by atoms with E-state index in [1.807, 2.05) is 6.07 Å². The molecule has 20 heavy (non-hydrogen) atoms. The van der Waals surface area contributed by atoms with Crippen LogP contribution in [0.3, 0.4) is 0 Å². The Hall–Kier alpha value is -2.36. The molecule has 0 radical (unpaired) electrons. The predicted octanol–water partition coefficient (Wildman–Crippen LogP) is 3.50. The van der Waals surface area contributed by atoms with Gasteiger partial charge in [0, 0.05) is 0 Å². The molecule has 0 amide bonds. The van der Waals surface area contributed by atoms with E-state index in [1.165, 1.54) is 6.07 Å². The standard InChI is InChI=1S/C16H15FO3/c1-11-5-3-8-14(15(11)17)16(18)20-10-12-6-4-7-13(9-12)19-2/h3-9H,10H2,1-2H3. The minimum atomic E-state index is -0.672. The van der Waals surface area contributed by atoms with Crippen molar-refractivity contribution in [2.75, 3.05) is 7.11 Å². The summed E-state index contributed by atoms with van der Waals surface area (Å²) in [6, 6.07) is 11.8. The molecule has 0 aromatic heterocycles. The first-order chi connectivity index (χ1) is 9.61. The van der Waals surface area contributed by atoms with Crippen molar-refractivity contribution >= 4 is 5.97 Å². The van der Waals surface area contributed by atoms with Crippen LogP contribution in [0.4, 0.5) is 4.39 Å². The average molecular weight is 274 g/mol. The third-order valence-electron chi connectivity index (χ3n) is 2.92. The Kier molecular flexibility index (Phi) is 4.35. The van der Waals surface area contributed by atoms with Gasteiger partial charge in [0.25, 0.3) is 0 Å². The van der Waals surface area contributed by atoms with Crippen LogP contribution in [0, 0.1) is 12.7 Å². The van der Waals surface area contributed by atoms with Gasteiger partial charge in [0.05, 0.1) is 12.7 Å². The van der Waals surface area contributed by atoms with Crippen LogP contribution in [-0.2, 0) is 11.3 Å². The van der Waals surface area contributed by atoms with Crippen LogP contribution in [0.25, 0.3) is 0 Å². The molecule has 0 spiro atoms. The van der Waals surface area contributed by atoms with E-state index in [2.05, 4.69) is 0 Å². The van der Waals surface area contributed by atoms with E-state index in [-0.39, 0.29) is 12.2 Å². The molecule has 0 aliphatic carbocycles. The molecule has 0 fully saturated rings. The van der Waals surface area contributed by atoms with E-state index < -0.39 is 11.8 Å². The maximum Gasteiger partial charge on any atom is 0.341 e. The lowest BCUT2D eigenvalue weighted by Crippen LogP contribution is -2.08. The van der Waals surface area contributed by atoms with Gasteiger partial charge in [-0.05, 0) is 36.2 Å². The Morgan fingerprint density at radius 2 is 1.95 bits per heavy atom. The molecule has 0 saturated heterocycles. The van der Waals surface area contributed by atoms with E-state index in [1.54, 1.807) is 44.4 Å². The smallest absolute Gasteiger partial charge is 0.341 e. The Morgan fingerprint density at radius 3 is 2.70 bits per heavy atom. The van der Waals surface area contributed by atoms with E-state index in [0.29, 0.717) is 11.3 Å². The summed E-state index contributed by atoms with van der Waals surface area (Å²) in [4.78, 5) is 11.9. The minimum absolute atomic E-state index is 0.0482. The summed E-state index contributed by atoms with van der Waals surface area (Å²) in [6.07, 6.45) is 0. The number of esters is 1. The maximum atomic E-state index is 13.8. The molecule has 104 valence electrons. The van der Waals surface area contributed by atoms with Gasteiger partial charge in [-0.15, -0.1) is 0 Å². The van der Waals surface area contributed by atoms with Gasteiger partial charge in [-0.2, -0.15) is 0 Å². The monoisotopic (exact) mass is 274 g/mol. The molecule has 2 aromatic carbocycles. The first-order valence-electron chi connectivity index (χ1n) is 6.17. The second-order valence-corrected chi connectivity index (χ2v) is 4.36. The van der Waals surface area contributed by atoms with Gasteiger partial charge < -0.3 is 9.47 Å². The number of carbonyl (C=O) groups is 1. The molecule has 0 aliphatic rings. The van der Waals surface area contributed by atoms with Gasteiger partial charge in [0.2, 0.25) is 0 Å². The first kappa shape index (κ1) is 14.1. The van der Waals surface area contributed by atoms with Crippen LogP contribution in [0.1, 0.15) is 21.5 Å². The zero-order chi connectivity index (χ0) is 14.5. The highest BCUT2D eigenvalue weighted by molar-refractivity contribution is 5.89. The van der Waals surface area contributed by atoms with Crippen molar-refractivity contribution in [2.45, 2.75) is 13.5 Å². The zero-order valence-corrected chi connectivity index (χ0v) is 11.4. The molecular weight excluding hydrogens is 259 g/mol. The Morgan fingerprint density at radius 1 is 1.20 bits per heavy atom. The summed E-state index contributed by atoms with van der Waals surface area (Å²) < 4.78 is 24.0. The highest BCUT2D eigenvalue weighted by Gasteiger charge is 2.14. The first-order valence-corrected chi connectivity index (χ1v) is 6.17. The zero-order valence-electron chi connectivity index (χ0n) is 11.4. The Bertz CT molecular complexity index is 623. The molecule has 0 N–H and O–H groups in total. The maximum absolute atomic E-state index is 13.8. The lowest BCUT2D eigenvalue weighted by atomic mass is 10.1. The fraction of sp³-hybridized carbons (Fsp3) is 0.188. The second kappa shape index (κ2) is 6.19. The van der Waals surface area contributed by atoms with Crippen molar-refractivity contribution < 1.29 is 18.7 Å². The van der Waals surface area contributed by atoms with Crippen molar-refractivity contribution in [1.82, 2.24) is 0 Å². The SMILES string of the molecule is COc1cccc(COC(=O)c2cccc(C)c2F)c1. The van der Waals surface area contributed by atoms with E-state index >= 15 is 0 Å². The highest BCUT2D eigenvalue weighted by Crippen LogP contribution is 2.16. The Balaban J connectivity index is 2.06. The minimum Gasteiger partial charge on any atom is -0.497 e. The van der Waals surface area contributed by atoms with Gasteiger partial charge in [-0.3, -0.25) is 0 Å². The van der Waals surface area contributed by atoms with E-state index in [9.17, 15) is 9.18 Å². The molecule has 2 aromatic rings. The topological polar surface area (TPSA) is 35.5 Å². The van der Waals surface area contributed by atoms with Crippen LogP contribution in [0.2, 0.25) is 0 Å². The second-order valence-electron chi connectivity index (χ2n) is 4.36. The van der Waals surface area contributed by atoms with Crippen molar-refractivity contribution in [3.8, 4) is 5.75 Å². The number of hydrogen-bond donors (Lipinski definition) is 0. The number of methoxy groups -OCH3 is 1. The van der Waals surface area contributed by atoms with Crippen molar-refractivity contribution in [1.29, 1.82) is 0 Å². The van der Waals surface area contributed by atoms with Gasteiger partial charge in [0.15, 0.2) is 0 Å². The number of ether oxygens (including phenoxy) is 2.